The van der Waals surface area contributed by atoms with Gasteiger partial charge in [0, 0.05) is 11.8 Å². The summed E-state index contributed by atoms with van der Waals surface area (Å²) < 4.78 is 4.73. The van der Waals surface area contributed by atoms with Crippen molar-refractivity contribution in [3.05, 3.63) is 77.7 Å². The quantitative estimate of drug-likeness (QED) is 0.674. The topological polar surface area (TPSA) is 93.2 Å². The molecule has 0 saturated carbocycles. The lowest BCUT2D eigenvalue weighted by molar-refractivity contribution is 0.0602. The Bertz CT molecular complexity index is 988. The van der Waals surface area contributed by atoms with Crippen LogP contribution in [0.2, 0.25) is 0 Å². The van der Waals surface area contributed by atoms with Crippen molar-refractivity contribution in [2.45, 2.75) is 6.92 Å². The number of carbonyl (C=O) groups excluding carboxylic acids is 2. The molecule has 3 aromatic rings. The minimum atomic E-state index is -0.532. The predicted octanol–water partition coefficient (Wildman–Crippen LogP) is 3.57. The Labute approximate surface area is 156 Å². The van der Waals surface area contributed by atoms with Crippen molar-refractivity contribution in [3.63, 3.8) is 0 Å². The number of methoxy groups -OCH3 is 1. The van der Waals surface area contributed by atoms with Gasteiger partial charge in [-0.3, -0.25) is 4.79 Å². The summed E-state index contributed by atoms with van der Waals surface area (Å²) in [6, 6.07) is 15.9. The fraction of sp³-hybridized carbons (Fsp3) is 0.100. The largest absolute Gasteiger partial charge is 0.465 e. The molecule has 136 valence electrons. The van der Waals surface area contributed by atoms with Crippen LogP contribution in [0.15, 0.2) is 60.9 Å². The maximum absolute atomic E-state index is 12.6. The summed E-state index contributed by atoms with van der Waals surface area (Å²) in [5.41, 5.74) is 2.74. The summed E-state index contributed by atoms with van der Waals surface area (Å²) in [4.78, 5) is 32.5. The van der Waals surface area contributed by atoms with Gasteiger partial charge in [-0.2, -0.15) is 0 Å². The maximum Gasteiger partial charge on any atom is 0.339 e. The van der Waals surface area contributed by atoms with E-state index in [1.54, 1.807) is 30.3 Å². The standard InChI is InChI=1S/C20H18N4O3/c1-13-6-5-7-14(10-13)23-18-11-17(21-12-22-18)19(25)24-16-9-4-3-8-15(16)20(26)27-2/h3-12H,1-2H3,(H,24,25)(H,21,22,23). The summed E-state index contributed by atoms with van der Waals surface area (Å²) >= 11 is 0. The molecule has 0 fully saturated rings. The lowest BCUT2D eigenvalue weighted by atomic mass is 10.1. The number of hydrogen-bond donors (Lipinski definition) is 2. The minimum absolute atomic E-state index is 0.167. The van der Waals surface area contributed by atoms with E-state index < -0.39 is 11.9 Å². The Kier molecular flexibility index (Phi) is 5.41. The molecule has 0 radical (unpaired) electrons. The molecule has 0 spiro atoms. The lowest BCUT2D eigenvalue weighted by Gasteiger charge is -2.10. The molecule has 0 bridgehead atoms. The van der Waals surface area contributed by atoms with Crippen LogP contribution in [0.25, 0.3) is 0 Å². The van der Waals surface area contributed by atoms with Crippen molar-refractivity contribution < 1.29 is 14.3 Å². The molecular formula is C20H18N4O3. The fourth-order valence-electron chi connectivity index (χ4n) is 2.49. The number of nitrogens with zero attached hydrogens (tertiary/aromatic N) is 2. The van der Waals surface area contributed by atoms with Crippen LogP contribution >= 0.6 is 0 Å². The van der Waals surface area contributed by atoms with Crippen LogP contribution in [-0.2, 0) is 4.74 Å². The van der Waals surface area contributed by atoms with Crippen LogP contribution in [0.1, 0.15) is 26.4 Å². The van der Waals surface area contributed by atoms with Gasteiger partial charge in [0.2, 0.25) is 0 Å². The first-order chi connectivity index (χ1) is 13.1. The first-order valence-electron chi connectivity index (χ1n) is 8.21. The van der Waals surface area contributed by atoms with Crippen molar-refractivity contribution in [1.82, 2.24) is 9.97 Å². The number of rotatable bonds is 5. The van der Waals surface area contributed by atoms with Crippen molar-refractivity contribution in [3.8, 4) is 0 Å². The van der Waals surface area contributed by atoms with Gasteiger partial charge >= 0.3 is 5.97 Å². The number of benzene rings is 2. The van der Waals surface area contributed by atoms with Gasteiger partial charge in [-0.25, -0.2) is 14.8 Å². The monoisotopic (exact) mass is 362 g/mol. The van der Waals surface area contributed by atoms with E-state index in [-0.39, 0.29) is 11.3 Å². The van der Waals surface area contributed by atoms with Gasteiger partial charge in [0.25, 0.3) is 5.91 Å². The van der Waals surface area contributed by atoms with Gasteiger partial charge in [0.1, 0.15) is 17.8 Å². The first kappa shape index (κ1) is 18.1. The number of amides is 1. The number of ether oxygens (including phenoxy) is 1. The number of anilines is 3. The molecule has 7 nitrogen and oxygen atoms in total. The van der Waals surface area contributed by atoms with Crippen LogP contribution in [0, 0.1) is 6.92 Å². The van der Waals surface area contributed by atoms with E-state index in [0.717, 1.165) is 11.3 Å². The number of hydrogen-bond acceptors (Lipinski definition) is 6. The molecule has 1 aromatic heterocycles. The molecule has 0 aliphatic carbocycles. The van der Waals surface area contributed by atoms with Gasteiger partial charge < -0.3 is 15.4 Å². The minimum Gasteiger partial charge on any atom is -0.465 e. The molecule has 3 rings (SSSR count). The van der Waals surface area contributed by atoms with Gasteiger partial charge in [0.05, 0.1) is 18.4 Å². The third-order valence-corrected chi connectivity index (χ3v) is 3.77. The summed E-state index contributed by atoms with van der Waals surface area (Å²) in [5.74, 6) is -0.501. The van der Waals surface area contributed by atoms with Crippen molar-refractivity contribution in [2.75, 3.05) is 17.7 Å². The van der Waals surface area contributed by atoms with Gasteiger partial charge in [-0.05, 0) is 36.8 Å². The second-order valence-electron chi connectivity index (χ2n) is 5.77. The van der Waals surface area contributed by atoms with Gasteiger partial charge in [-0.1, -0.05) is 24.3 Å². The Morgan fingerprint density at radius 3 is 2.59 bits per heavy atom. The van der Waals surface area contributed by atoms with Gasteiger partial charge in [-0.15, -0.1) is 0 Å². The van der Waals surface area contributed by atoms with Crippen LogP contribution in [-0.4, -0.2) is 29.0 Å². The summed E-state index contributed by atoms with van der Waals surface area (Å²) in [6.07, 6.45) is 1.30. The molecule has 0 unspecified atom stereocenters. The molecule has 0 saturated heterocycles. The van der Waals surface area contributed by atoms with E-state index in [2.05, 4.69) is 20.6 Å². The second-order valence-corrected chi connectivity index (χ2v) is 5.77. The zero-order chi connectivity index (χ0) is 19.2. The van der Waals surface area contributed by atoms with Crippen molar-refractivity contribution in [1.29, 1.82) is 0 Å². The number of nitrogens with one attached hydrogen (secondary N) is 2. The highest BCUT2D eigenvalue weighted by atomic mass is 16.5. The Morgan fingerprint density at radius 2 is 1.81 bits per heavy atom. The molecule has 1 amide bonds. The SMILES string of the molecule is COC(=O)c1ccccc1NC(=O)c1cc(Nc2cccc(C)c2)ncn1. The molecule has 2 N–H and O–H groups in total. The zero-order valence-electron chi connectivity index (χ0n) is 14.9. The number of para-hydroxylation sites is 1. The van der Waals surface area contributed by atoms with Gasteiger partial charge in [0.15, 0.2) is 0 Å². The van der Waals surface area contributed by atoms with E-state index in [0.29, 0.717) is 11.5 Å². The van der Waals surface area contributed by atoms with Crippen LogP contribution in [0.5, 0.6) is 0 Å². The van der Waals surface area contributed by atoms with E-state index in [4.69, 9.17) is 4.74 Å². The van der Waals surface area contributed by atoms with Crippen molar-refractivity contribution >= 4 is 29.1 Å². The summed E-state index contributed by atoms with van der Waals surface area (Å²) in [6.45, 7) is 1.99. The Morgan fingerprint density at radius 1 is 1.00 bits per heavy atom. The number of esters is 1. The molecular weight excluding hydrogens is 344 g/mol. The maximum atomic E-state index is 12.6. The third-order valence-electron chi connectivity index (χ3n) is 3.77. The first-order valence-corrected chi connectivity index (χ1v) is 8.21. The third kappa shape index (κ3) is 4.46. The molecule has 0 aliphatic heterocycles. The highest BCUT2D eigenvalue weighted by Gasteiger charge is 2.15. The summed E-state index contributed by atoms with van der Waals surface area (Å²) in [7, 11) is 1.29. The van der Waals surface area contributed by atoms with E-state index >= 15 is 0 Å². The van der Waals surface area contributed by atoms with Crippen LogP contribution in [0.4, 0.5) is 17.2 Å². The normalized spacial score (nSPS) is 10.1. The van der Waals surface area contributed by atoms with E-state index in [1.165, 1.54) is 13.4 Å². The molecule has 2 aromatic carbocycles. The fourth-order valence-corrected chi connectivity index (χ4v) is 2.49. The molecule has 0 atom stereocenters. The van der Waals surface area contributed by atoms with E-state index in [1.807, 2.05) is 31.2 Å². The average molecular weight is 362 g/mol. The highest BCUT2D eigenvalue weighted by molar-refractivity contribution is 6.07. The smallest absolute Gasteiger partial charge is 0.339 e. The van der Waals surface area contributed by atoms with Crippen molar-refractivity contribution in [2.24, 2.45) is 0 Å². The van der Waals surface area contributed by atoms with Crippen LogP contribution in [0.3, 0.4) is 0 Å². The second kappa shape index (κ2) is 8.09. The average Bonchev–Trinajstić information content (AvgIpc) is 2.68. The Hall–Kier alpha value is -3.74. The molecule has 0 aliphatic rings. The zero-order valence-corrected chi connectivity index (χ0v) is 14.9. The predicted molar refractivity (Wildman–Crippen MR) is 102 cm³/mol. The molecule has 7 heteroatoms. The van der Waals surface area contributed by atoms with E-state index in [9.17, 15) is 9.59 Å². The molecule has 27 heavy (non-hydrogen) atoms. The number of aryl methyl sites for hydroxylation is 1. The lowest BCUT2D eigenvalue weighted by Crippen LogP contribution is -2.17. The number of carbonyl (C=O) groups is 2. The molecule has 1 heterocycles. The highest BCUT2D eigenvalue weighted by Crippen LogP contribution is 2.19. The number of aromatic nitrogens is 2. The van der Waals surface area contributed by atoms with Crippen LogP contribution < -0.4 is 10.6 Å². The summed E-state index contributed by atoms with van der Waals surface area (Å²) in [5, 5.41) is 5.82. The Balaban J connectivity index is 1.79.